The lowest BCUT2D eigenvalue weighted by molar-refractivity contribution is -0.119. The molecule has 1 heterocycles. The van der Waals surface area contributed by atoms with E-state index in [0.717, 1.165) is 24.2 Å². The molecule has 1 amide bonds. The van der Waals surface area contributed by atoms with Gasteiger partial charge in [0.1, 0.15) is 5.75 Å². The Morgan fingerprint density at radius 3 is 2.78 bits per heavy atom. The summed E-state index contributed by atoms with van der Waals surface area (Å²) in [5.41, 5.74) is 0.658. The van der Waals surface area contributed by atoms with Gasteiger partial charge in [-0.05, 0) is 32.6 Å². The highest BCUT2D eigenvalue weighted by Gasteiger charge is 2.30. The quantitative estimate of drug-likeness (QED) is 0.881. The van der Waals surface area contributed by atoms with Crippen LogP contribution in [0.25, 0.3) is 0 Å². The zero-order chi connectivity index (χ0) is 13.3. The smallest absolute Gasteiger partial charge is 0.235 e. The van der Waals surface area contributed by atoms with E-state index in [4.69, 9.17) is 0 Å². The van der Waals surface area contributed by atoms with Gasteiger partial charge < -0.3 is 5.32 Å². The van der Waals surface area contributed by atoms with E-state index < -0.39 is 21.5 Å². The molecule has 0 spiro atoms. The predicted octanol–water partition coefficient (Wildman–Crippen LogP) is 1.14. The highest BCUT2D eigenvalue weighted by Crippen LogP contribution is 2.32. The molecule has 1 aromatic heterocycles. The number of aryl methyl sites for hydroxylation is 1. The summed E-state index contributed by atoms with van der Waals surface area (Å²) < 4.78 is 23.8. The van der Waals surface area contributed by atoms with E-state index >= 15 is 0 Å². The van der Waals surface area contributed by atoms with Crippen molar-refractivity contribution in [2.75, 3.05) is 5.75 Å². The van der Waals surface area contributed by atoms with E-state index in [0.29, 0.717) is 11.6 Å². The summed E-state index contributed by atoms with van der Waals surface area (Å²) in [5.74, 6) is -0.446. The van der Waals surface area contributed by atoms with Crippen LogP contribution in [0.15, 0.2) is 9.72 Å². The average Bonchev–Trinajstić information content (AvgIpc) is 3.00. The molecule has 0 saturated heterocycles. The van der Waals surface area contributed by atoms with Crippen molar-refractivity contribution >= 4 is 27.1 Å². The summed E-state index contributed by atoms with van der Waals surface area (Å²) in [6.45, 7) is 3.64. The van der Waals surface area contributed by atoms with E-state index in [9.17, 15) is 13.2 Å². The number of nitrogens with zero attached hydrogens (tertiary/aromatic N) is 1. The first-order chi connectivity index (χ1) is 8.38. The van der Waals surface area contributed by atoms with E-state index in [1.165, 1.54) is 0 Å². The van der Waals surface area contributed by atoms with E-state index in [-0.39, 0.29) is 10.4 Å². The molecule has 2 rings (SSSR count). The number of aromatic nitrogens is 1. The first-order valence-corrected chi connectivity index (χ1v) is 8.36. The van der Waals surface area contributed by atoms with Crippen LogP contribution in [0.1, 0.15) is 25.5 Å². The Labute approximate surface area is 111 Å². The van der Waals surface area contributed by atoms with Gasteiger partial charge in [0, 0.05) is 17.1 Å². The molecular weight excluding hydrogens is 272 g/mol. The Kier molecular flexibility index (Phi) is 3.72. The summed E-state index contributed by atoms with van der Waals surface area (Å²) in [7, 11) is -3.59. The van der Waals surface area contributed by atoms with Gasteiger partial charge in [-0.15, -0.1) is 11.3 Å². The van der Waals surface area contributed by atoms with Crippen LogP contribution in [0.5, 0.6) is 0 Å². The molecule has 7 heteroatoms. The standard InChI is InChI=1S/C11H16N2O3S2/c1-7-5-17-11(12-7)18(15,16)6-10(14)13-8(2)9-3-4-9/h5,8-9H,3-4,6H2,1-2H3,(H,13,14)/t8-/m0/s1. The molecule has 5 nitrogen and oxygen atoms in total. The van der Waals surface area contributed by atoms with Crippen molar-refractivity contribution in [2.24, 2.45) is 5.92 Å². The van der Waals surface area contributed by atoms with Gasteiger partial charge in [-0.1, -0.05) is 0 Å². The van der Waals surface area contributed by atoms with Crippen LogP contribution in [0.3, 0.4) is 0 Å². The highest BCUT2D eigenvalue weighted by molar-refractivity contribution is 7.93. The summed E-state index contributed by atoms with van der Waals surface area (Å²) in [6.07, 6.45) is 2.22. The van der Waals surface area contributed by atoms with Gasteiger partial charge in [0.2, 0.25) is 20.1 Å². The number of rotatable bonds is 5. The SMILES string of the molecule is Cc1csc(S(=O)(=O)CC(=O)N[C@@H](C)C2CC2)n1. The van der Waals surface area contributed by atoms with Gasteiger partial charge in [0.25, 0.3) is 0 Å². The fourth-order valence-electron chi connectivity index (χ4n) is 1.72. The number of carbonyl (C=O) groups is 1. The minimum absolute atomic E-state index is 0.0224. The normalized spacial score (nSPS) is 17.4. The fraction of sp³-hybridized carbons (Fsp3) is 0.636. The molecular formula is C11H16N2O3S2. The minimum atomic E-state index is -3.59. The third kappa shape index (κ3) is 3.29. The molecule has 1 fully saturated rings. The first kappa shape index (κ1) is 13.5. The molecule has 1 aromatic rings. The minimum Gasteiger partial charge on any atom is -0.352 e. The van der Waals surface area contributed by atoms with Crippen LogP contribution in [-0.2, 0) is 14.6 Å². The summed E-state index contributed by atoms with van der Waals surface area (Å²) in [5, 5.41) is 4.40. The number of nitrogens with one attached hydrogen (secondary N) is 1. The monoisotopic (exact) mass is 288 g/mol. The molecule has 0 radical (unpaired) electrons. The topological polar surface area (TPSA) is 76.1 Å². The van der Waals surface area contributed by atoms with Gasteiger partial charge in [0.05, 0.1) is 0 Å². The van der Waals surface area contributed by atoms with Crippen LogP contribution in [-0.4, -0.2) is 31.1 Å². The third-order valence-corrected chi connectivity index (χ3v) is 5.97. The van der Waals surface area contributed by atoms with E-state index in [1.807, 2.05) is 6.92 Å². The second-order valence-electron chi connectivity index (χ2n) is 4.71. The van der Waals surface area contributed by atoms with Crippen LogP contribution < -0.4 is 5.32 Å². The Morgan fingerprint density at radius 1 is 1.61 bits per heavy atom. The molecule has 0 unspecified atom stereocenters. The number of thiazole rings is 1. The van der Waals surface area contributed by atoms with Gasteiger partial charge in [-0.25, -0.2) is 13.4 Å². The maximum absolute atomic E-state index is 11.9. The molecule has 0 aliphatic heterocycles. The fourth-order valence-corrected chi connectivity index (χ4v) is 3.98. The largest absolute Gasteiger partial charge is 0.352 e. The molecule has 100 valence electrons. The molecule has 0 bridgehead atoms. The number of hydrogen-bond donors (Lipinski definition) is 1. The van der Waals surface area contributed by atoms with Crippen molar-refractivity contribution in [1.82, 2.24) is 10.3 Å². The summed E-state index contributed by atoms with van der Waals surface area (Å²) in [4.78, 5) is 15.6. The average molecular weight is 288 g/mol. The Balaban J connectivity index is 1.97. The van der Waals surface area contributed by atoms with Crippen LogP contribution in [0, 0.1) is 12.8 Å². The number of sulfone groups is 1. The molecule has 1 atom stereocenters. The first-order valence-electron chi connectivity index (χ1n) is 5.83. The molecule has 1 N–H and O–H groups in total. The second-order valence-corrected chi connectivity index (χ2v) is 7.73. The molecule has 1 aliphatic carbocycles. The Hall–Kier alpha value is -0.950. The lowest BCUT2D eigenvalue weighted by Crippen LogP contribution is -2.37. The van der Waals surface area contributed by atoms with E-state index in [2.05, 4.69) is 10.3 Å². The van der Waals surface area contributed by atoms with Crippen molar-refractivity contribution < 1.29 is 13.2 Å². The van der Waals surface area contributed by atoms with Gasteiger partial charge in [-0.2, -0.15) is 0 Å². The number of carbonyl (C=O) groups excluding carboxylic acids is 1. The Morgan fingerprint density at radius 2 is 2.28 bits per heavy atom. The van der Waals surface area contributed by atoms with Gasteiger partial charge in [0.15, 0.2) is 0 Å². The van der Waals surface area contributed by atoms with Crippen molar-refractivity contribution in [3.05, 3.63) is 11.1 Å². The molecule has 1 saturated carbocycles. The predicted molar refractivity (Wildman–Crippen MR) is 69.2 cm³/mol. The van der Waals surface area contributed by atoms with Crippen LogP contribution in [0.4, 0.5) is 0 Å². The maximum Gasteiger partial charge on any atom is 0.235 e. The lowest BCUT2D eigenvalue weighted by atomic mass is 10.2. The maximum atomic E-state index is 11.9. The zero-order valence-corrected chi connectivity index (χ0v) is 12.0. The van der Waals surface area contributed by atoms with Crippen molar-refractivity contribution in [3.63, 3.8) is 0 Å². The molecule has 1 aliphatic rings. The van der Waals surface area contributed by atoms with Gasteiger partial charge in [-0.3, -0.25) is 4.79 Å². The molecule has 0 aromatic carbocycles. The number of amides is 1. The lowest BCUT2D eigenvalue weighted by Gasteiger charge is -2.12. The third-order valence-electron chi connectivity index (χ3n) is 2.90. The summed E-state index contributed by atoms with van der Waals surface area (Å²) >= 11 is 1.06. The molecule has 18 heavy (non-hydrogen) atoms. The van der Waals surface area contributed by atoms with Crippen LogP contribution >= 0.6 is 11.3 Å². The van der Waals surface area contributed by atoms with Crippen molar-refractivity contribution in [3.8, 4) is 0 Å². The number of hydrogen-bond acceptors (Lipinski definition) is 5. The Bertz CT molecular complexity index is 546. The van der Waals surface area contributed by atoms with Gasteiger partial charge >= 0.3 is 0 Å². The van der Waals surface area contributed by atoms with Crippen LogP contribution in [0.2, 0.25) is 0 Å². The summed E-state index contributed by atoms with van der Waals surface area (Å²) in [6, 6.07) is 0.0609. The highest BCUT2D eigenvalue weighted by atomic mass is 32.2. The zero-order valence-electron chi connectivity index (χ0n) is 10.3. The second kappa shape index (κ2) is 4.97. The van der Waals surface area contributed by atoms with Crippen molar-refractivity contribution in [1.29, 1.82) is 0 Å². The van der Waals surface area contributed by atoms with Crippen molar-refractivity contribution in [2.45, 2.75) is 37.1 Å². The van der Waals surface area contributed by atoms with E-state index in [1.54, 1.807) is 12.3 Å².